The number of hydrogen-bond acceptors (Lipinski definition) is 5. The smallest absolute Gasteiger partial charge is 0.338 e. The van der Waals surface area contributed by atoms with Crippen molar-refractivity contribution >= 4 is 40.1 Å². The standard InChI is InChI=1S/C18H17F2NO4S2/c1-27(24)11-12-3-2-4-13(9-12)17(23)25-10-16(22)21-14-5-7-15(8-6-14)26-18(19)20/h2-9,18H,10-11H2,1H3,(H,21,22). The number of alkyl halides is 2. The van der Waals surface area contributed by atoms with Gasteiger partial charge in [-0.1, -0.05) is 23.9 Å². The summed E-state index contributed by atoms with van der Waals surface area (Å²) in [5, 5.41) is 2.51. The Labute approximate surface area is 161 Å². The lowest BCUT2D eigenvalue weighted by Gasteiger charge is -2.08. The van der Waals surface area contributed by atoms with Crippen LogP contribution in [0.25, 0.3) is 0 Å². The molecule has 0 saturated heterocycles. The summed E-state index contributed by atoms with van der Waals surface area (Å²) in [6.07, 6.45) is 1.56. The molecule has 0 spiro atoms. The lowest BCUT2D eigenvalue weighted by molar-refractivity contribution is -0.119. The molecule has 0 aliphatic rings. The molecule has 1 unspecified atom stereocenters. The Balaban J connectivity index is 1.86. The van der Waals surface area contributed by atoms with E-state index in [9.17, 15) is 22.6 Å². The normalized spacial score (nSPS) is 11.9. The van der Waals surface area contributed by atoms with Gasteiger partial charge in [-0.05, 0) is 42.0 Å². The third kappa shape index (κ3) is 7.48. The molecule has 0 aromatic heterocycles. The van der Waals surface area contributed by atoms with Gasteiger partial charge in [0.05, 0.1) is 5.56 Å². The molecule has 1 N–H and O–H groups in total. The number of hydrogen-bond donors (Lipinski definition) is 1. The fourth-order valence-corrected chi connectivity index (χ4v) is 3.30. The lowest BCUT2D eigenvalue weighted by Crippen LogP contribution is -2.21. The Hall–Kier alpha value is -2.26. The summed E-state index contributed by atoms with van der Waals surface area (Å²) in [6, 6.07) is 12.4. The highest BCUT2D eigenvalue weighted by Crippen LogP contribution is 2.26. The average molecular weight is 413 g/mol. The first-order valence-corrected chi connectivity index (χ1v) is 10.3. The van der Waals surface area contributed by atoms with Gasteiger partial charge < -0.3 is 10.1 Å². The SMILES string of the molecule is CS(=O)Cc1cccc(C(=O)OCC(=O)Nc2ccc(SC(F)F)cc2)c1. The second-order valence-corrected chi connectivity index (χ2v) is 7.94. The zero-order valence-electron chi connectivity index (χ0n) is 14.3. The molecule has 0 aliphatic heterocycles. The Kier molecular flexibility index (Phi) is 7.93. The lowest BCUT2D eigenvalue weighted by atomic mass is 10.1. The predicted octanol–water partition coefficient (Wildman–Crippen LogP) is 3.68. The number of benzene rings is 2. The van der Waals surface area contributed by atoms with Gasteiger partial charge in [0.25, 0.3) is 11.7 Å². The highest BCUT2D eigenvalue weighted by molar-refractivity contribution is 7.99. The first-order valence-electron chi connectivity index (χ1n) is 7.74. The molecule has 9 heteroatoms. The summed E-state index contributed by atoms with van der Waals surface area (Å²) in [4.78, 5) is 24.3. The van der Waals surface area contributed by atoms with Gasteiger partial charge in [0.1, 0.15) is 0 Å². The molecular weight excluding hydrogens is 396 g/mol. The minimum atomic E-state index is -2.51. The van der Waals surface area contributed by atoms with Gasteiger partial charge in [0, 0.05) is 33.4 Å². The van der Waals surface area contributed by atoms with Crippen LogP contribution in [0.2, 0.25) is 0 Å². The van der Waals surface area contributed by atoms with Crippen molar-refractivity contribution in [2.45, 2.75) is 16.4 Å². The highest BCUT2D eigenvalue weighted by Gasteiger charge is 2.12. The number of halogens is 2. The van der Waals surface area contributed by atoms with E-state index in [2.05, 4.69) is 5.32 Å². The number of thioether (sulfide) groups is 1. The van der Waals surface area contributed by atoms with Crippen molar-refractivity contribution in [3.05, 3.63) is 59.7 Å². The minimum Gasteiger partial charge on any atom is -0.452 e. The monoisotopic (exact) mass is 413 g/mol. The van der Waals surface area contributed by atoms with Crippen LogP contribution in [0, 0.1) is 0 Å². The summed E-state index contributed by atoms with van der Waals surface area (Å²) in [6.45, 7) is -0.490. The average Bonchev–Trinajstić information content (AvgIpc) is 2.60. The second kappa shape index (κ2) is 10.2. The van der Waals surface area contributed by atoms with Crippen molar-refractivity contribution in [2.24, 2.45) is 0 Å². The van der Waals surface area contributed by atoms with Gasteiger partial charge in [-0.3, -0.25) is 9.00 Å². The number of nitrogens with one attached hydrogen (secondary N) is 1. The van der Waals surface area contributed by atoms with Gasteiger partial charge in [0.15, 0.2) is 6.61 Å². The maximum Gasteiger partial charge on any atom is 0.338 e. The minimum absolute atomic E-state index is 0.263. The van der Waals surface area contributed by atoms with E-state index in [-0.39, 0.29) is 5.56 Å². The Bertz CT molecular complexity index is 828. The van der Waals surface area contributed by atoms with E-state index in [1.165, 1.54) is 24.3 Å². The third-order valence-corrected chi connectivity index (χ3v) is 4.69. The number of ether oxygens (including phenoxy) is 1. The molecule has 0 aliphatic carbocycles. The first-order chi connectivity index (χ1) is 12.8. The van der Waals surface area contributed by atoms with Crippen LogP contribution in [0.15, 0.2) is 53.4 Å². The van der Waals surface area contributed by atoms with Crippen LogP contribution in [0.5, 0.6) is 0 Å². The number of amides is 1. The zero-order chi connectivity index (χ0) is 19.8. The fourth-order valence-electron chi connectivity index (χ4n) is 2.15. The molecule has 0 fully saturated rings. The molecule has 27 heavy (non-hydrogen) atoms. The number of rotatable bonds is 8. The van der Waals surface area contributed by atoms with E-state index in [1.807, 2.05) is 0 Å². The van der Waals surface area contributed by atoms with Crippen LogP contribution < -0.4 is 5.32 Å². The summed E-state index contributed by atoms with van der Waals surface area (Å²) in [5.74, 6) is -3.41. The number of carbonyl (C=O) groups is 2. The maximum absolute atomic E-state index is 12.3. The van der Waals surface area contributed by atoms with Crippen LogP contribution in [-0.4, -0.2) is 34.7 Å². The first kappa shape index (κ1) is 21.0. The van der Waals surface area contributed by atoms with Crippen LogP contribution in [0.3, 0.4) is 0 Å². The Morgan fingerprint density at radius 1 is 1.19 bits per heavy atom. The molecule has 0 bridgehead atoms. The van der Waals surface area contributed by atoms with Crippen LogP contribution in [-0.2, 0) is 26.1 Å². The molecule has 2 aromatic rings. The Morgan fingerprint density at radius 3 is 2.52 bits per heavy atom. The summed E-state index contributed by atoms with van der Waals surface area (Å²) < 4.78 is 40.8. The molecule has 0 heterocycles. The van der Waals surface area contributed by atoms with Crippen molar-refractivity contribution in [1.82, 2.24) is 0 Å². The van der Waals surface area contributed by atoms with Gasteiger partial charge >= 0.3 is 5.97 Å². The third-order valence-electron chi connectivity index (χ3n) is 3.23. The maximum atomic E-state index is 12.3. The van der Waals surface area contributed by atoms with Gasteiger partial charge in [0.2, 0.25) is 0 Å². The highest BCUT2D eigenvalue weighted by atomic mass is 32.2. The van der Waals surface area contributed by atoms with E-state index in [1.54, 1.807) is 30.5 Å². The van der Waals surface area contributed by atoms with Crippen LogP contribution >= 0.6 is 11.8 Å². The number of anilines is 1. The van der Waals surface area contributed by atoms with Gasteiger partial charge in [-0.25, -0.2) is 4.79 Å². The predicted molar refractivity (Wildman–Crippen MR) is 101 cm³/mol. The molecule has 0 saturated carbocycles. The van der Waals surface area contributed by atoms with Gasteiger partial charge in [-0.2, -0.15) is 8.78 Å². The molecule has 1 amide bonds. The van der Waals surface area contributed by atoms with E-state index in [0.29, 0.717) is 28.1 Å². The van der Waals surface area contributed by atoms with Crippen LogP contribution in [0.4, 0.5) is 14.5 Å². The second-order valence-electron chi connectivity index (χ2n) is 5.45. The van der Waals surface area contributed by atoms with Crippen molar-refractivity contribution in [2.75, 3.05) is 18.2 Å². The van der Waals surface area contributed by atoms with E-state index in [0.717, 1.165) is 5.56 Å². The van der Waals surface area contributed by atoms with Gasteiger partial charge in [-0.15, -0.1) is 0 Å². The molecule has 5 nitrogen and oxygen atoms in total. The van der Waals surface area contributed by atoms with E-state index < -0.39 is 35.0 Å². The summed E-state index contributed by atoms with van der Waals surface area (Å²) in [5.41, 5.74) is 1.40. The van der Waals surface area contributed by atoms with Crippen molar-refractivity contribution in [3.63, 3.8) is 0 Å². The number of carbonyl (C=O) groups excluding carboxylic acids is 2. The van der Waals surface area contributed by atoms with Crippen molar-refractivity contribution in [3.8, 4) is 0 Å². The summed E-state index contributed by atoms with van der Waals surface area (Å²) >= 11 is 0.408. The molecule has 144 valence electrons. The zero-order valence-corrected chi connectivity index (χ0v) is 15.9. The molecule has 2 rings (SSSR count). The van der Waals surface area contributed by atoms with Crippen molar-refractivity contribution < 1.29 is 27.3 Å². The topological polar surface area (TPSA) is 72.5 Å². The quantitative estimate of drug-likeness (QED) is 0.528. The number of esters is 1. The largest absolute Gasteiger partial charge is 0.452 e. The Morgan fingerprint density at radius 2 is 1.89 bits per heavy atom. The van der Waals surface area contributed by atoms with Crippen LogP contribution in [0.1, 0.15) is 15.9 Å². The molecule has 1 atom stereocenters. The molecule has 2 aromatic carbocycles. The summed E-state index contributed by atoms with van der Waals surface area (Å²) in [7, 11) is -1.04. The molecular formula is C18H17F2NO4S2. The van der Waals surface area contributed by atoms with E-state index in [4.69, 9.17) is 4.74 Å². The van der Waals surface area contributed by atoms with E-state index >= 15 is 0 Å². The molecule has 0 radical (unpaired) electrons. The van der Waals surface area contributed by atoms with Crippen molar-refractivity contribution in [1.29, 1.82) is 0 Å². The fraction of sp³-hybridized carbons (Fsp3) is 0.222.